The molecule has 0 aliphatic heterocycles. The average molecular weight is 426 g/mol. The van der Waals surface area contributed by atoms with Crippen LogP contribution in [0, 0.1) is 10.8 Å². The van der Waals surface area contributed by atoms with E-state index in [1.165, 1.54) is 0 Å². The largest absolute Gasteiger partial charge is 0.504 e. The van der Waals surface area contributed by atoms with Gasteiger partial charge >= 0.3 is 11.9 Å². The van der Waals surface area contributed by atoms with E-state index < -0.39 is 46.1 Å². The first-order chi connectivity index (χ1) is 13.7. The number of unbranched alkanes of at least 4 members (excludes halogenated alkanes) is 1. The summed E-state index contributed by atoms with van der Waals surface area (Å²) in [7, 11) is 0. The molecule has 0 amide bonds. The summed E-state index contributed by atoms with van der Waals surface area (Å²) in [6.07, 6.45) is 0.580. The summed E-state index contributed by atoms with van der Waals surface area (Å²) >= 11 is 0. The molecular weight excluding hydrogens is 390 g/mol. The average Bonchev–Trinajstić information content (AvgIpc) is 2.61. The van der Waals surface area contributed by atoms with Crippen LogP contribution in [0.15, 0.2) is 6.07 Å². The Balaban J connectivity index is 3.47. The van der Waals surface area contributed by atoms with Crippen molar-refractivity contribution in [1.29, 1.82) is 0 Å². The maximum atomic E-state index is 12.4. The minimum Gasteiger partial charge on any atom is -0.504 e. The van der Waals surface area contributed by atoms with Crippen LogP contribution in [-0.4, -0.2) is 40.3 Å². The maximum Gasteiger partial charge on any atom is 0.316 e. The Morgan fingerprint density at radius 3 is 2.07 bits per heavy atom. The van der Waals surface area contributed by atoms with Crippen LogP contribution in [0.25, 0.3) is 0 Å². The van der Waals surface area contributed by atoms with E-state index >= 15 is 0 Å². The molecule has 8 nitrogen and oxygen atoms in total. The van der Waals surface area contributed by atoms with Crippen molar-refractivity contribution in [3.05, 3.63) is 11.6 Å². The summed E-state index contributed by atoms with van der Waals surface area (Å²) in [5.41, 5.74) is -1.87. The third kappa shape index (κ3) is 6.88. The summed E-state index contributed by atoms with van der Waals surface area (Å²) in [5.74, 6) is -3.29. The van der Waals surface area contributed by atoms with E-state index in [2.05, 4.69) is 5.32 Å². The monoisotopic (exact) mass is 425 g/mol. The molecule has 0 saturated carbocycles. The summed E-state index contributed by atoms with van der Waals surface area (Å²) in [5, 5.41) is 34.4. The van der Waals surface area contributed by atoms with Crippen molar-refractivity contribution in [3.8, 4) is 23.0 Å². The van der Waals surface area contributed by atoms with Crippen molar-refractivity contribution in [2.24, 2.45) is 10.8 Å². The summed E-state index contributed by atoms with van der Waals surface area (Å²) < 4.78 is 10.8. The number of hydrogen-bond acceptors (Lipinski definition) is 8. The molecule has 0 aliphatic carbocycles. The van der Waals surface area contributed by atoms with Crippen molar-refractivity contribution in [1.82, 2.24) is 5.32 Å². The molecule has 0 fully saturated rings. The SMILES string of the molecule is CCCCNC[C@@H](O)c1c(OC(=O)C(C)(C)C)cc(O)c(O)c1OC(=O)C(C)(C)C. The van der Waals surface area contributed by atoms with E-state index in [0.29, 0.717) is 6.54 Å². The lowest BCUT2D eigenvalue weighted by atomic mass is 9.96. The van der Waals surface area contributed by atoms with Crippen LogP contribution >= 0.6 is 0 Å². The molecule has 8 heteroatoms. The van der Waals surface area contributed by atoms with Gasteiger partial charge in [-0.3, -0.25) is 9.59 Å². The molecule has 0 aromatic heterocycles. The van der Waals surface area contributed by atoms with Crippen molar-refractivity contribution in [2.45, 2.75) is 67.4 Å². The molecule has 0 saturated heterocycles. The number of esters is 2. The van der Waals surface area contributed by atoms with Crippen LogP contribution in [0.5, 0.6) is 23.0 Å². The number of benzene rings is 1. The Labute approximate surface area is 178 Å². The van der Waals surface area contributed by atoms with Gasteiger partial charge in [-0.25, -0.2) is 0 Å². The zero-order chi connectivity index (χ0) is 23.3. The van der Waals surface area contributed by atoms with E-state index in [1.54, 1.807) is 41.5 Å². The van der Waals surface area contributed by atoms with Gasteiger partial charge in [0.25, 0.3) is 0 Å². The predicted molar refractivity (Wildman–Crippen MR) is 113 cm³/mol. The zero-order valence-corrected chi connectivity index (χ0v) is 19.0. The lowest BCUT2D eigenvalue weighted by molar-refractivity contribution is -0.143. The third-order valence-electron chi connectivity index (χ3n) is 4.24. The highest BCUT2D eigenvalue weighted by molar-refractivity contribution is 5.82. The van der Waals surface area contributed by atoms with Crippen molar-refractivity contribution in [3.63, 3.8) is 0 Å². The normalized spacial score (nSPS) is 13.1. The van der Waals surface area contributed by atoms with Gasteiger partial charge in [-0.05, 0) is 54.5 Å². The number of phenols is 2. The Morgan fingerprint density at radius 1 is 1.03 bits per heavy atom. The fraction of sp³-hybridized carbons (Fsp3) is 0.636. The number of carbonyl (C=O) groups excluding carboxylic acids is 2. The molecule has 170 valence electrons. The van der Waals surface area contributed by atoms with Gasteiger partial charge in [0.2, 0.25) is 5.75 Å². The van der Waals surface area contributed by atoms with Crippen LogP contribution in [0.3, 0.4) is 0 Å². The number of aliphatic hydroxyl groups is 1. The van der Waals surface area contributed by atoms with E-state index in [-0.39, 0.29) is 17.9 Å². The Morgan fingerprint density at radius 2 is 1.57 bits per heavy atom. The smallest absolute Gasteiger partial charge is 0.316 e. The topological polar surface area (TPSA) is 125 Å². The molecule has 0 radical (unpaired) electrons. The van der Waals surface area contributed by atoms with Crippen LogP contribution in [0.4, 0.5) is 0 Å². The second kappa shape index (κ2) is 10.1. The Kier molecular flexibility index (Phi) is 8.68. The summed E-state index contributed by atoms with van der Waals surface area (Å²) in [4.78, 5) is 24.9. The molecule has 4 N–H and O–H groups in total. The second-order valence-electron chi connectivity index (χ2n) is 9.34. The highest BCUT2D eigenvalue weighted by Gasteiger charge is 2.33. The molecule has 1 atom stereocenters. The van der Waals surface area contributed by atoms with Gasteiger partial charge in [-0.15, -0.1) is 0 Å². The number of aromatic hydroxyl groups is 2. The number of aliphatic hydroxyl groups excluding tert-OH is 1. The first-order valence-electron chi connectivity index (χ1n) is 10.1. The summed E-state index contributed by atoms with van der Waals surface area (Å²) in [6, 6.07) is 1.03. The van der Waals surface area contributed by atoms with E-state index in [0.717, 1.165) is 18.9 Å². The highest BCUT2D eigenvalue weighted by Crippen LogP contribution is 2.47. The highest BCUT2D eigenvalue weighted by atomic mass is 16.6. The molecule has 30 heavy (non-hydrogen) atoms. The number of nitrogens with one attached hydrogen (secondary N) is 1. The fourth-order valence-corrected chi connectivity index (χ4v) is 2.27. The quantitative estimate of drug-likeness (QED) is 0.216. The number of phenolic OH excluding ortho intramolecular Hbond substituents is 2. The first kappa shape index (κ1) is 25.7. The van der Waals surface area contributed by atoms with Gasteiger partial charge in [-0.1, -0.05) is 13.3 Å². The number of rotatable bonds is 8. The number of ether oxygens (including phenoxy) is 2. The molecule has 0 unspecified atom stereocenters. The van der Waals surface area contributed by atoms with Crippen molar-refractivity contribution >= 4 is 11.9 Å². The van der Waals surface area contributed by atoms with Gasteiger partial charge in [0.1, 0.15) is 5.75 Å². The minimum absolute atomic E-state index is 0.0599. The maximum absolute atomic E-state index is 12.4. The van der Waals surface area contributed by atoms with Crippen LogP contribution < -0.4 is 14.8 Å². The predicted octanol–water partition coefficient (Wildman–Crippen LogP) is 3.42. The first-order valence-corrected chi connectivity index (χ1v) is 10.1. The van der Waals surface area contributed by atoms with Gasteiger partial charge in [-0.2, -0.15) is 0 Å². The van der Waals surface area contributed by atoms with Crippen LogP contribution in [0.1, 0.15) is 73.0 Å². The van der Waals surface area contributed by atoms with Gasteiger partial charge < -0.3 is 30.1 Å². The van der Waals surface area contributed by atoms with Gasteiger partial charge in [0, 0.05) is 12.6 Å². The molecule has 1 rings (SSSR count). The molecule has 0 bridgehead atoms. The molecule has 1 aromatic rings. The number of carbonyl (C=O) groups is 2. The van der Waals surface area contributed by atoms with E-state index in [4.69, 9.17) is 9.47 Å². The van der Waals surface area contributed by atoms with Crippen LogP contribution in [-0.2, 0) is 9.59 Å². The van der Waals surface area contributed by atoms with Crippen molar-refractivity contribution < 1.29 is 34.4 Å². The lowest BCUT2D eigenvalue weighted by Gasteiger charge is -2.24. The van der Waals surface area contributed by atoms with Crippen molar-refractivity contribution in [2.75, 3.05) is 13.1 Å². The summed E-state index contributed by atoms with van der Waals surface area (Å²) in [6.45, 7) is 12.6. The van der Waals surface area contributed by atoms with Gasteiger partial charge in [0.15, 0.2) is 11.5 Å². The van der Waals surface area contributed by atoms with Crippen LogP contribution in [0.2, 0.25) is 0 Å². The third-order valence-corrected chi connectivity index (χ3v) is 4.24. The molecule has 0 heterocycles. The molecule has 1 aromatic carbocycles. The second-order valence-corrected chi connectivity index (χ2v) is 9.34. The number of hydrogen-bond donors (Lipinski definition) is 4. The minimum atomic E-state index is -1.28. The Bertz CT molecular complexity index is 760. The van der Waals surface area contributed by atoms with E-state index in [1.807, 2.05) is 6.92 Å². The zero-order valence-electron chi connectivity index (χ0n) is 19.0. The van der Waals surface area contributed by atoms with Gasteiger partial charge in [0.05, 0.1) is 22.5 Å². The molecule has 0 aliphatic rings. The molecule has 0 spiro atoms. The standard InChI is InChI=1S/C22H35NO7/c1-8-9-10-23-12-14(25)16-15(29-19(27)21(2,3)4)11-13(24)17(26)18(16)30-20(28)22(5,6)7/h11,14,23-26H,8-10,12H2,1-7H3/t14-/m1/s1. The fourth-order valence-electron chi connectivity index (χ4n) is 2.27. The van der Waals surface area contributed by atoms with E-state index in [9.17, 15) is 24.9 Å². The molecular formula is C22H35NO7. The Hall–Kier alpha value is -2.32. The lowest BCUT2D eigenvalue weighted by Crippen LogP contribution is -2.29.